The third kappa shape index (κ3) is 6.73. The van der Waals surface area contributed by atoms with Crippen LogP contribution in [0.5, 0.6) is 0 Å². The van der Waals surface area contributed by atoms with Crippen molar-refractivity contribution in [2.75, 3.05) is 19.0 Å². The van der Waals surface area contributed by atoms with E-state index in [1.165, 1.54) is 4.90 Å². The van der Waals surface area contributed by atoms with Crippen LogP contribution in [0.1, 0.15) is 33.6 Å². The van der Waals surface area contributed by atoms with Gasteiger partial charge in [0.2, 0.25) is 0 Å². The molecule has 0 unspecified atom stereocenters. The monoisotopic (exact) mass is 401 g/mol. The Labute approximate surface area is 151 Å². The van der Waals surface area contributed by atoms with Gasteiger partial charge in [0.05, 0.1) is 12.0 Å². The summed E-state index contributed by atoms with van der Waals surface area (Å²) in [7, 11) is 0. The van der Waals surface area contributed by atoms with Crippen molar-refractivity contribution in [2.45, 2.75) is 50.2 Å². The van der Waals surface area contributed by atoms with Gasteiger partial charge in [0.25, 0.3) is 0 Å². The minimum Gasteiger partial charge on any atom is -0.444 e. The predicted octanol–water partition coefficient (Wildman–Crippen LogP) is 4.91. The Balaban J connectivity index is 1.66. The summed E-state index contributed by atoms with van der Waals surface area (Å²) in [6, 6.07) is 8.20. The van der Waals surface area contributed by atoms with Crippen LogP contribution in [0.4, 0.5) is 4.79 Å². The average molecular weight is 402 g/mol. The maximum absolute atomic E-state index is 12.0. The highest BCUT2D eigenvalue weighted by molar-refractivity contribution is 9.10. The maximum atomic E-state index is 12.0. The van der Waals surface area contributed by atoms with Crippen molar-refractivity contribution < 1.29 is 14.3 Å². The number of halogens is 1. The molecule has 4 nitrogen and oxygen atoms in total. The highest BCUT2D eigenvalue weighted by Gasteiger charge is 2.27. The zero-order valence-corrected chi connectivity index (χ0v) is 16.3. The number of carbonyl (C=O) groups excluding carboxylic acids is 1. The normalized spacial score (nSPS) is 16.4. The highest BCUT2D eigenvalue weighted by atomic mass is 79.9. The maximum Gasteiger partial charge on any atom is 0.410 e. The van der Waals surface area contributed by atoms with Gasteiger partial charge in [-0.3, -0.25) is 0 Å². The number of ether oxygens (including phenoxy) is 2. The first-order chi connectivity index (χ1) is 10.8. The number of hydrogen-bond donors (Lipinski definition) is 0. The Morgan fingerprint density at radius 3 is 2.43 bits per heavy atom. The third-order valence-corrected chi connectivity index (χ3v) is 4.82. The average Bonchev–Trinajstić information content (AvgIpc) is 2.48. The molecule has 0 atom stereocenters. The summed E-state index contributed by atoms with van der Waals surface area (Å²) >= 11 is 5.12. The Hall–Kier alpha value is -0.720. The van der Waals surface area contributed by atoms with Crippen molar-refractivity contribution in [3.63, 3.8) is 0 Å². The molecule has 1 saturated heterocycles. The first kappa shape index (κ1) is 18.6. The molecule has 23 heavy (non-hydrogen) atoms. The summed E-state index contributed by atoms with van der Waals surface area (Å²) in [5.74, 6) is 0.638. The number of nitrogens with zero attached hydrogens (tertiary/aromatic N) is 1. The van der Waals surface area contributed by atoms with Gasteiger partial charge in [-0.05, 0) is 57.9 Å². The molecular formula is C17H24BrNO3S. The summed E-state index contributed by atoms with van der Waals surface area (Å²) in [5, 5.41) is 0. The molecule has 0 aliphatic carbocycles. The lowest BCUT2D eigenvalue weighted by Gasteiger charge is -2.33. The minimum atomic E-state index is -0.439. The molecular weight excluding hydrogens is 378 g/mol. The lowest BCUT2D eigenvalue weighted by Crippen LogP contribution is -2.43. The topological polar surface area (TPSA) is 38.8 Å². The van der Waals surface area contributed by atoms with Crippen molar-refractivity contribution in [2.24, 2.45) is 0 Å². The van der Waals surface area contributed by atoms with E-state index in [1.807, 2.05) is 32.9 Å². The van der Waals surface area contributed by atoms with E-state index in [0.717, 1.165) is 17.3 Å². The quantitative estimate of drug-likeness (QED) is 0.530. The molecule has 0 aromatic heterocycles. The van der Waals surface area contributed by atoms with Crippen LogP contribution in [-0.4, -0.2) is 41.7 Å². The number of rotatable bonds is 4. The molecule has 1 heterocycles. The third-order valence-electron chi connectivity index (χ3n) is 3.44. The van der Waals surface area contributed by atoms with Crippen molar-refractivity contribution in [3.05, 3.63) is 28.7 Å². The van der Waals surface area contributed by atoms with E-state index in [1.54, 1.807) is 16.7 Å². The predicted molar refractivity (Wildman–Crippen MR) is 96.8 cm³/mol. The number of likely N-dealkylation sites (tertiary alicyclic amines) is 1. The van der Waals surface area contributed by atoms with E-state index < -0.39 is 5.60 Å². The molecule has 2 rings (SSSR count). The number of piperidine rings is 1. The second kappa shape index (κ2) is 8.40. The van der Waals surface area contributed by atoms with Gasteiger partial charge in [-0.15, -0.1) is 0 Å². The van der Waals surface area contributed by atoms with Crippen LogP contribution in [-0.2, 0) is 9.47 Å². The minimum absolute atomic E-state index is 0.219. The number of carbonyl (C=O) groups is 1. The summed E-state index contributed by atoms with van der Waals surface area (Å²) in [4.78, 5) is 15.0. The number of hydrogen-bond acceptors (Lipinski definition) is 4. The molecule has 1 fully saturated rings. The fourth-order valence-electron chi connectivity index (χ4n) is 2.26. The molecule has 0 bridgehead atoms. The first-order valence-electron chi connectivity index (χ1n) is 7.81. The van der Waals surface area contributed by atoms with Gasteiger partial charge < -0.3 is 14.4 Å². The molecule has 0 spiro atoms. The van der Waals surface area contributed by atoms with E-state index >= 15 is 0 Å². The zero-order chi connectivity index (χ0) is 16.9. The Kier molecular flexibility index (Phi) is 6.80. The van der Waals surface area contributed by atoms with Crippen LogP contribution < -0.4 is 0 Å². The van der Waals surface area contributed by atoms with Gasteiger partial charge >= 0.3 is 6.09 Å². The van der Waals surface area contributed by atoms with Crippen molar-refractivity contribution in [1.29, 1.82) is 0 Å². The van der Waals surface area contributed by atoms with Crippen LogP contribution in [0, 0.1) is 0 Å². The van der Waals surface area contributed by atoms with E-state index in [9.17, 15) is 4.79 Å². The van der Waals surface area contributed by atoms with Gasteiger partial charge in [-0.1, -0.05) is 27.7 Å². The second-order valence-corrected chi connectivity index (χ2v) is 8.46. The van der Waals surface area contributed by atoms with Crippen molar-refractivity contribution >= 4 is 33.8 Å². The van der Waals surface area contributed by atoms with Crippen LogP contribution in [0.15, 0.2) is 33.6 Å². The fraction of sp³-hybridized carbons (Fsp3) is 0.588. The SMILES string of the molecule is CC(C)(C)OC(=O)N1CCC(OCSc2ccc(Br)cc2)CC1. The summed E-state index contributed by atoms with van der Waals surface area (Å²) in [6.45, 7) is 7.06. The molecule has 1 aliphatic rings. The standard InChI is InChI=1S/C17H24BrNO3S/c1-17(2,3)22-16(20)19-10-8-14(9-11-19)21-12-23-15-6-4-13(18)5-7-15/h4-7,14H,8-12H2,1-3H3. The summed E-state index contributed by atoms with van der Waals surface area (Å²) in [5.41, 5.74) is -0.439. The molecule has 128 valence electrons. The Morgan fingerprint density at radius 2 is 1.87 bits per heavy atom. The smallest absolute Gasteiger partial charge is 0.410 e. The van der Waals surface area contributed by atoms with E-state index in [0.29, 0.717) is 19.0 Å². The number of thioether (sulfide) groups is 1. The summed E-state index contributed by atoms with van der Waals surface area (Å²) < 4.78 is 12.4. The van der Waals surface area contributed by atoms with Crippen molar-refractivity contribution in [1.82, 2.24) is 4.90 Å². The number of benzene rings is 1. The lowest BCUT2D eigenvalue weighted by atomic mass is 10.1. The lowest BCUT2D eigenvalue weighted by molar-refractivity contribution is -0.000809. The summed E-state index contributed by atoms with van der Waals surface area (Å²) in [6.07, 6.45) is 1.72. The van der Waals surface area contributed by atoms with E-state index in [2.05, 4.69) is 28.1 Å². The van der Waals surface area contributed by atoms with E-state index in [-0.39, 0.29) is 12.2 Å². The molecule has 0 saturated carbocycles. The molecule has 1 aromatic rings. The van der Waals surface area contributed by atoms with Gasteiger partial charge in [-0.2, -0.15) is 0 Å². The molecule has 1 aromatic carbocycles. The van der Waals surface area contributed by atoms with E-state index in [4.69, 9.17) is 9.47 Å². The highest BCUT2D eigenvalue weighted by Crippen LogP contribution is 2.23. The molecule has 6 heteroatoms. The number of amides is 1. The molecule has 0 N–H and O–H groups in total. The van der Waals surface area contributed by atoms with Gasteiger partial charge in [0, 0.05) is 22.5 Å². The largest absolute Gasteiger partial charge is 0.444 e. The van der Waals surface area contributed by atoms with Crippen LogP contribution in [0.2, 0.25) is 0 Å². The van der Waals surface area contributed by atoms with Crippen LogP contribution in [0.25, 0.3) is 0 Å². The molecule has 0 radical (unpaired) electrons. The van der Waals surface area contributed by atoms with Crippen LogP contribution >= 0.6 is 27.7 Å². The molecule has 1 amide bonds. The second-order valence-electron chi connectivity index (χ2n) is 6.55. The Morgan fingerprint density at radius 1 is 1.26 bits per heavy atom. The zero-order valence-electron chi connectivity index (χ0n) is 13.9. The molecule has 1 aliphatic heterocycles. The van der Waals surface area contributed by atoms with Gasteiger partial charge in [0.1, 0.15) is 5.60 Å². The van der Waals surface area contributed by atoms with Gasteiger partial charge in [-0.25, -0.2) is 4.79 Å². The Bertz CT molecular complexity index is 508. The van der Waals surface area contributed by atoms with Crippen molar-refractivity contribution in [3.8, 4) is 0 Å². The first-order valence-corrected chi connectivity index (χ1v) is 9.59. The van der Waals surface area contributed by atoms with Crippen LogP contribution in [0.3, 0.4) is 0 Å². The van der Waals surface area contributed by atoms with Gasteiger partial charge in [0.15, 0.2) is 0 Å². The fourth-order valence-corrected chi connectivity index (χ4v) is 3.25.